The Morgan fingerprint density at radius 3 is 2.26 bits per heavy atom. The monoisotopic (exact) mass is 467 g/mol. The summed E-state index contributed by atoms with van der Waals surface area (Å²) in [7, 11) is 1.63. The van der Waals surface area contributed by atoms with Crippen LogP contribution in [-0.2, 0) is 19.9 Å². The van der Waals surface area contributed by atoms with E-state index in [0.29, 0.717) is 5.69 Å². The van der Waals surface area contributed by atoms with Gasteiger partial charge in [-0.3, -0.25) is 4.79 Å². The van der Waals surface area contributed by atoms with Gasteiger partial charge in [-0.25, -0.2) is 4.98 Å². The van der Waals surface area contributed by atoms with Crippen molar-refractivity contribution in [1.29, 1.82) is 5.26 Å². The van der Waals surface area contributed by atoms with E-state index in [1.807, 2.05) is 66.7 Å². The summed E-state index contributed by atoms with van der Waals surface area (Å²) in [4.78, 5) is 34.0. The van der Waals surface area contributed by atoms with E-state index in [9.17, 15) is 10.1 Å². The molecule has 1 amide bonds. The van der Waals surface area contributed by atoms with Crippen molar-refractivity contribution in [3.8, 4) is 23.1 Å². The highest BCUT2D eigenvalue weighted by molar-refractivity contribution is 6.02. The molecule has 7 nitrogen and oxygen atoms in total. The summed E-state index contributed by atoms with van der Waals surface area (Å²) in [5, 5.41) is 12.9. The number of aromatic nitrogens is 1. The van der Waals surface area contributed by atoms with Crippen molar-refractivity contribution in [3.05, 3.63) is 89.6 Å². The number of methoxy groups -OCH3 is 1. The molecule has 3 aromatic rings. The Bertz CT molecular complexity index is 1250. The lowest BCUT2D eigenvalue weighted by Crippen LogP contribution is -2.44. The van der Waals surface area contributed by atoms with Gasteiger partial charge in [0.25, 0.3) is 5.91 Å². The first-order valence-electron chi connectivity index (χ1n) is 11.2. The van der Waals surface area contributed by atoms with Gasteiger partial charge >= 0.3 is 6.15 Å². The first-order chi connectivity index (χ1) is 17.0. The number of nitrogens with zero attached hydrogens (tertiary/aromatic N) is 2. The quantitative estimate of drug-likeness (QED) is 0.417. The summed E-state index contributed by atoms with van der Waals surface area (Å²) >= 11 is 0. The average Bonchev–Trinajstić information content (AvgIpc) is 3.38. The Labute approximate surface area is 204 Å². The molecule has 0 bridgehead atoms. The molecule has 35 heavy (non-hydrogen) atoms. The summed E-state index contributed by atoms with van der Waals surface area (Å²) in [5.74, 6) is 0.405. The Kier molecular flexibility index (Phi) is 8.66. The molecule has 2 aromatic carbocycles. The number of hydrogen-bond acceptors (Lipinski definition) is 6. The highest BCUT2D eigenvalue weighted by atomic mass is 16.5. The number of ether oxygens (including phenoxy) is 1. The highest BCUT2D eigenvalue weighted by Crippen LogP contribution is 2.38. The van der Waals surface area contributed by atoms with Crippen LogP contribution in [0.15, 0.2) is 78.4 Å². The van der Waals surface area contributed by atoms with Crippen LogP contribution in [0.5, 0.6) is 5.75 Å². The van der Waals surface area contributed by atoms with Crippen LogP contribution in [0.4, 0.5) is 0 Å². The molecule has 0 radical (unpaired) electrons. The van der Waals surface area contributed by atoms with Gasteiger partial charge in [0.15, 0.2) is 0 Å². The maximum atomic E-state index is 13.1. The minimum Gasteiger partial charge on any atom is -0.497 e. The molecule has 1 aromatic heterocycles. The van der Waals surface area contributed by atoms with Gasteiger partial charge in [0.1, 0.15) is 17.4 Å². The SMILES string of the molecule is COc1ccc(-c2cccc(/C=C(\C#N)C(=O)NC3(c4ccccc4)CCCC3)n2)cc1.O=C=O. The first-order valence-corrected chi connectivity index (χ1v) is 11.2. The number of benzene rings is 2. The third kappa shape index (κ3) is 6.29. The number of pyridine rings is 1. The molecule has 0 unspecified atom stereocenters. The first kappa shape index (κ1) is 25.1. The molecule has 0 atom stereocenters. The second-order valence-corrected chi connectivity index (χ2v) is 8.04. The van der Waals surface area contributed by atoms with Crippen molar-refractivity contribution in [3.63, 3.8) is 0 Å². The average molecular weight is 468 g/mol. The van der Waals surface area contributed by atoms with Crippen LogP contribution in [0.2, 0.25) is 0 Å². The minimum atomic E-state index is -0.424. The fourth-order valence-electron chi connectivity index (χ4n) is 4.26. The topological polar surface area (TPSA) is 109 Å². The summed E-state index contributed by atoms with van der Waals surface area (Å²) < 4.78 is 5.21. The van der Waals surface area contributed by atoms with Crippen molar-refractivity contribution >= 4 is 18.1 Å². The normalized spacial score (nSPS) is 14.0. The molecule has 0 saturated heterocycles. The Morgan fingerprint density at radius 2 is 1.66 bits per heavy atom. The lowest BCUT2D eigenvalue weighted by molar-refractivity contribution is -0.191. The van der Waals surface area contributed by atoms with Gasteiger partial charge in [-0.2, -0.15) is 14.9 Å². The van der Waals surface area contributed by atoms with E-state index in [1.165, 1.54) is 0 Å². The van der Waals surface area contributed by atoms with Crippen LogP contribution in [-0.4, -0.2) is 24.2 Å². The molecule has 1 aliphatic carbocycles. The zero-order valence-electron chi connectivity index (χ0n) is 19.4. The van der Waals surface area contributed by atoms with E-state index < -0.39 is 5.54 Å². The number of carbonyl (C=O) groups is 1. The molecule has 1 fully saturated rings. The Balaban J connectivity index is 0.00000108. The molecule has 1 aliphatic rings. The number of rotatable bonds is 6. The number of carbonyl (C=O) groups excluding carboxylic acids is 3. The van der Waals surface area contributed by atoms with Gasteiger partial charge in [-0.05, 0) is 60.9 Å². The van der Waals surface area contributed by atoms with Gasteiger partial charge in [0.2, 0.25) is 0 Å². The second-order valence-electron chi connectivity index (χ2n) is 8.04. The van der Waals surface area contributed by atoms with E-state index in [-0.39, 0.29) is 17.6 Å². The van der Waals surface area contributed by atoms with E-state index in [1.54, 1.807) is 19.3 Å². The largest absolute Gasteiger partial charge is 0.497 e. The smallest absolute Gasteiger partial charge is 0.373 e. The van der Waals surface area contributed by atoms with Crippen LogP contribution >= 0.6 is 0 Å². The highest BCUT2D eigenvalue weighted by Gasteiger charge is 2.37. The molecular formula is C28H25N3O4. The number of amides is 1. The molecule has 0 spiro atoms. The van der Waals surface area contributed by atoms with Crippen LogP contribution in [0.3, 0.4) is 0 Å². The van der Waals surface area contributed by atoms with E-state index in [4.69, 9.17) is 14.3 Å². The van der Waals surface area contributed by atoms with Crippen molar-refractivity contribution in [2.45, 2.75) is 31.2 Å². The fraction of sp³-hybridized carbons (Fsp3) is 0.214. The molecular weight excluding hydrogens is 442 g/mol. The van der Waals surface area contributed by atoms with Crippen LogP contribution in [0.1, 0.15) is 36.9 Å². The van der Waals surface area contributed by atoms with Crippen LogP contribution in [0, 0.1) is 11.3 Å². The molecule has 0 aliphatic heterocycles. The predicted octanol–water partition coefficient (Wildman–Crippen LogP) is 4.67. The van der Waals surface area contributed by atoms with Crippen molar-refractivity contribution in [1.82, 2.24) is 10.3 Å². The molecule has 1 N–H and O–H groups in total. The molecule has 4 rings (SSSR count). The zero-order chi connectivity index (χ0) is 25.1. The fourth-order valence-corrected chi connectivity index (χ4v) is 4.26. The molecule has 176 valence electrons. The number of nitriles is 1. The second kappa shape index (κ2) is 12.1. The third-order valence-corrected chi connectivity index (χ3v) is 5.95. The van der Waals surface area contributed by atoms with E-state index in [0.717, 1.165) is 48.3 Å². The summed E-state index contributed by atoms with van der Waals surface area (Å²) in [6.07, 6.45) is 5.63. The maximum Gasteiger partial charge on any atom is 0.373 e. The van der Waals surface area contributed by atoms with Gasteiger partial charge in [0.05, 0.1) is 24.0 Å². The summed E-state index contributed by atoms with van der Waals surface area (Å²) in [6, 6.07) is 25.2. The predicted molar refractivity (Wildman–Crippen MR) is 130 cm³/mol. The van der Waals surface area contributed by atoms with Gasteiger partial charge < -0.3 is 10.1 Å². The van der Waals surface area contributed by atoms with Crippen LogP contribution in [0.25, 0.3) is 17.3 Å². The summed E-state index contributed by atoms with van der Waals surface area (Å²) in [6.45, 7) is 0. The van der Waals surface area contributed by atoms with E-state index >= 15 is 0 Å². The van der Waals surface area contributed by atoms with Crippen molar-refractivity contribution < 1.29 is 19.1 Å². The minimum absolute atomic E-state index is 0.0478. The third-order valence-electron chi connectivity index (χ3n) is 5.95. The van der Waals surface area contributed by atoms with Gasteiger partial charge in [-0.15, -0.1) is 0 Å². The standard InChI is InChI=1S/C27H25N3O2.CO2/c1-32-24-14-12-20(13-15-24)25-11-7-10-23(29-25)18-21(19-28)26(31)30-27(16-5-6-17-27)22-8-3-2-4-9-22;2-1-3/h2-4,7-15,18H,5-6,16-17H2,1H3,(H,30,31);/b21-18+;. The Hall–Kier alpha value is -4.53. The maximum absolute atomic E-state index is 13.1. The van der Waals surface area contributed by atoms with Crippen molar-refractivity contribution in [2.24, 2.45) is 0 Å². The lowest BCUT2D eigenvalue weighted by Gasteiger charge is -2.31. The van der Waals surface area contributed by atoms with Crippen molar-refractivity contribution in [2.75, 3.05) is 7.11 Å². The zero-order valence-corrected chi connectivity index (χ0v) is 19.4. The molecule has 7 heteroatoms. The summed E-state index contributed by atoms with van der Waals surface area (Å²) in [5.41, 5.74) is 2.96. The van der Waals surface area contributed by atoms with E-state index in [2.05, 4.69) is 16.4 Å². The van der Waals surface area contributed by atoms with Gasteiger partial charge in [-0.1, -0.05) is 49.2 Å². The number of hydrogen-bond donors (Lipinski definition) is 1. The lowest BCUT2D eigenvalue weighted by atomic mass is 9.88. The van der Waals surface area contributed by atoms with Crippen LogP contribution < -0.4 is 10.1 Å². The number of nitrogens with one attached hydrogen (secondary N) is 1. The molecule has 1 saturated carbocycles. The van der Waals surface area contributed by atoms with Gasteiger partial charge in [0, 0.05) is 5.56 Å². The Morgan fingerprint density at radius 1 is 1.00 bits per heavy atom. The molecule has 1 heterocycles.